The van der Waals surface area contributed by atoms with Gasteiger partial charge in [-0.25, -0.2) is 4.79 Å². The maximum atomic E-state index is 12.4. The van der Waals surface area contributed by atoms with Crippen molar-refractivity contribution < 1.29 is 14.7 Å². The molecular weight excluding hydrogens is 268 g/mol. The maximum absolute atomic E-state index is 12.4. The molecule has 5 nitrogen and oxygen atoms in total. The van der Waals surface area contributed by atoms with Gasteiger partial charge in [0.05, 0.1) is 5.41 Å². The van der Waals surface area contributed by atoms with Gasteiger partial charge in [-0.2, -0.15) is 0 Å². The van der Waals surface area contributed by atoms with Crippen LogP contribution in [0.2, 0.25) is 0 Å². The minimum Gasteiger partial charge on any atom is -0.481 e. The molecule has 1 aliphatic heterocycles. The van der Waals surface area contributed by atoms with Crippen LogP contribution in [0.25, 0.3) is 0 Å². The van der Waals surface area contributed by atoms with E-state index in [0.29, 0.717) is 18.8 Å². The lowest BCUT2D eigenvalue weighted by Gasteiger charge is -2.37. The van der Waals surface area contributed by atoms with Gasteiger partial charge < -0.3 is 15.3 Å². The van der Waals surface area contributed by atoms with Gasteiger partial charge in [0.25, 0.3) is 0 Å². The number of carbonyl (C=O) groups is 2. The largest absolute Gasteiger partial charge is 0.481 e. The van der Waals surface area contributed by atoms with Crippen LogP contribution >= 0.6 is 0 Å². The van der Waals surface area contributed by atoms with E-state index >= 15 is 0 Å². The summed E-state index contributed by atoms with van der Waals surface area (Å²) in [5, 5.41) is 12.5. The van der Waals surface area contributed by atoms with Crippen LogP contribution in [0.5, 0.6) is 0 Å². The van der Waals surface area contributed by atoms with Gasteiger partial charge >= 0.3 is 12.0 Å². The molecule has 2 fully saturated rings. The zero-order valence-electron chi connectivity index (χ0n) is 13.4. The number of carboxylic acid groups (broad SMARTS) is 1. The average Bonchev–Trinajstić information content (AvgIpc) is 2.77. The Morgan fingerprint density at radius 3 is 2.33 bits per heavy atom. The SMILES string of the molecule is CC1CCC(CNC(=O)N2CCCC2(C)C)(C(=O)O)CC1. The van der Waals surface area contributed by atoms with Gasteiger partial charge in [-0.3, -0.25) is 4.79 Å². The highest BCUT2D eigenvalue weighted by molar-refractivity contribution is 5.78. The highest BCUT2D eigenvalue weighted by atomic mass is 16.4. The topological polar surface area (TPSA) is 69.6 Å². The molecule has 2 rings (SSSR count). The molecule has 0 bridgehead atoms. The Balaban J connectivity index is 1.96. The monoisotopic (exact) mass is 296 g/mol. The van der Waals surface area contributed by atoms with Crippen molar-refractivity contribution in [3.05, 3.63) is 0 Å². The molecule has 0 aromatic rings. The lowest BCUT2D eigenvalue weighted by molar-refractivity contribution is -0.151. The van der Waals surface area contributed by atoms with E-state index in [4.69, 9.17) is 0 Å². The van der Waals surface area contributed by atoms with Crippen LogP contribution in [0.4, 0.5) is 4.79 Å². The molecule has 1 saturated heterocycles. The minimum atomic E-state index is -0.772. The second kappa shape index (κ2) is 5.85. The third-order valence-electron chi connectivity index (χ3n) is 5.41. The Bertz CT molecular complexity index is 412. The summed E-state index contributed by atoms with van der Waals surface area (Å²) in [5.41, 5.74) is -0.895. The molecule has 2 amide bonds. The van der Waals surface area contributed by atoms with Crippen LogP contribution in [0.1, 0.15) is 59.3 Å². The molecule has 2 N–H and O–H groups in total. The summed E-state index contributed by atoms with van der Waals surface area (Å²) in [4.78, 5) is 25.9. The van der Waals surface area contributed by atoms with Crippen molar-refractivity contribution in [2.75, 3.05) is 13.1 Å². The number of hydrogen-bond acceptors (Lipinski definition) is 2. The molecule has 120 valence electrons. The van der Waals surface area contributed by atoms with Crippen LogP contribution in [0.15, 0.2) is 0 Å². The highest BCUT2D eigenvalue weighted by Crippen LogP contribution is 2.39. The van der Waals surface area contributed by atoms with Crippen LogP contribution in [0, 0.1) is 11.3 Å². The highest BCUT2D eigenvalue weighted by Gasteiger charge is 2.42. The Morgan fingerprint density at radius 2 is 1.86 bits per heavy atom. The Hall–Kier alpha value is -1.26. The average molecular weight is 296 g/mol. The van der Waals surface area contributed by atoms with Crippen molar-refractivity contribution in [3.8, 4) is 0 Å². The maximum Gasteiger partial charge on any atom is 0.317 e. The second-order valence-electron chi connectivity index (χ2n) is 7.49. The van der Waals surface area contributed by atoms with Crippen molar-refractivity contribution in [3.63, 3.8) is 0 Å². The van der Waals surface area contributed by atoms with E-state index in [1.807, 2.05) is 4.90 Å². The molecular formula is C16H28N2O3. The van der Waals surface area contributed by atoms with E-state index in [0.717, 1.165) is 32.2 Å². The van der Waals surface area contributed by atoms with Crippen molar-refractivity contribution in [2.45, 2.75) is 64.8 Å². The summed E-state index contributed by atoms with van der Waals surface area (Å²) < 4.78 is 0. The molecule has 0 aromatic carbocycles. The summed E-state index contributed by atoms with van der Waals surface area (Å²) in [7, 11) is 0. The third-order valence-corrected chi connectivity index (χ3v) is 5.41. The Morgan fingerprint density at radius 1 is 1.24 bits per heavy atom. The number of carbonyl (C=O) groups excluding carboxylic acids is 1. The van der Waals surface area contributed by atoms with Crippen molar-refractivity contribution in [1.82, 2.24) is 10.2 Å². The molecule has 2 aliphatic rings. The number of aliphatic carboxylic acids is 1. The van der Waals surface area contributed by atoms with Gasteiger partial charge in [-0.05, 0) is 58.3 Å². The molecule has 5 heteroatoms. The second-order valence-corrected chi connectivity index (χ2v) is 7.49. The van der Waals surface area contributed by atoms with E-state index < -0.39 is 11.4 Å². The smallest absolute Gasteiger partial charge is 0.317 e. The van der Waals surface area contributed by atoms with Crippen LogP contribution in [-0.4, -0.2) is 40.6 Å². The third kappa shape index (κ3) is 3.33. The summed E-state index contributed by atoms with van der Waals surface area (Å²) in [6.45, 7) is 7.30. The minimum absolute atomic E-state index is 0.114. The number of hydrogen-bond donors (Lipinski definition) is 2. The number of likely N-dealkylation sites (tertiary alicyclic amines) is 1. The predicted molar refractivity (Wildman–Crippen MR) is 81.1 cm³/mol. The number of carboxylic acids is 1. The first-order chi connectivity index (χ1) is 9.77. The van der Waals surface area contributed by atoms with E-state index in [1.165, 1.54) is 0 Å². The molecule has 0 atom stereocenters. The summed E-state index contributed by atoms with van der Waals surface area (Å²) in [6.07, 6.45) is 5.19. The molecule has 0 aromatic heterocycles. The number of nitrogens with one attached hydrogen (secondary N) is 1. The lowest BCUT2D eigenvalue weighted by Crippen LogP contribution is -2.52. The first-order valence-corrected chi connectivity index (χ1v) is 8.06. The van der Waals surface area contributed by atoms with Crippen LogP contribution < -0.4 is 5.32 Å². The number of amides is 2. The standard InChI is InChI=1S/C16H28N2O3/c1-12-5-8-16(9-6-12,13(19)20)11-17-14(21)18-10-4-7-15(18,2)3/h12H,4-11H2,1-3H3,(H,17,21)(H,19,20). The van der Waals surface area contributed by atoms with Gasteiger partial charge in [0.15, 0.2) is 0 Å². The van der Waals surface area contributed by atoms with Crippen molar-refractivity contribution >= 4 is 12.0 Å². The van der Waals surface area contributed by atoms with Crippen LogP contribution in [-0.2, 0) is 4.79 Å². The first kappa shape index (κ1) is 16.1. The fourth-order valence-electron chi connectivity index (χ4n) is 3.61. The fourth-order valence-corrected chi connectivity index (χ4v) is 3.61. The van der Waals surface area contributed by atoms with E-state index in [2.05, 4.69) is 26.1 Å². The molecule has 0 spiro atoms. The van der Waals surface area contributed by atoms with E-state index in [9.17, 15) is 14.7 Å². The summed E-state index contributed by atoms with van der Waals surface area (Å²) >= 11 is 0. The molecule has 0 unspecified atom stereocenters. The predicted octanol–water partition coefficient (Wildman–Crippen LogP) is 2.85. The van der Waals surface area contributed by atoms with Crippen molar-refractivity contribution in [1.29, 1.82) is 0 Å². The molecule has 0 radical (unpaired) electrons. The lowest BCUT2D eigenvalue weighted by atomic mass is 9.71. The molecule has 1 saturated carbocycles. The zero-order valence-corrected chi connectivity index (χ0v) is 13.4. The van der Waals surface area contributed by atoms with E-state index in [-0.39, 0.29) is 18.1 Å². The van der Waals surface area contributed by atoms with Gasteiger partial charge in [0.2, 0.25) is 0 Å². The molecule has 1 aliphatic carbocycles. The van der Waals surface area contributed by atoms with Crippen molar-refractivity contribution in [2.24, 2.45) is 11.3 Å². The van der Waals surface area contributed by atoms with Crippen LogP contribution in [0.3, 0.4) is 0 Å². The van der Waals surface area contributed by atoms with Gasteiger partial charge in [-0.15, -0.1) is 0 Å². The number of rotatable bonds is 3. The number of urea groups is 1. The molecule has 1 heterocycles. The molecule has 21 heavy (non-hydrogen) atoms. The number of nitrogens with zero attached hydrogens (tertiary/aromatic N) is 1. The fraction of sp³-hybridized carbons (Fsp3) is 0.875. The van der Waals surface area contributed by atoms with Gasteiger partial charge in [-0.1, -0.05) is 6.92 Å². The quantitative estimate of drug-likeness (QED) is 0.841. The Labute approximate surface area is 127 Å². The normalized spacial score (nSPS) is 32.0. The van der Waals surface area contributed by atoms with E-state index in [1.54, 1.807) is 0 Å². The van der Waals surface area contributed by atoms with Gasteiger partial charge in [0.1, 0.15) is 0 Å². The van der Waals surface area contributed by atoms with Gasteiger partial charge in [0, 0.05) is 18.6 Å². The Kier molecular flexibility index (Phi) is 4.49. The first-order valence-electron chi connectivity index (χ1n) is 8.06. The summed E-state index contributed by atoms with van der Waals surface area (Å²) in [5.74, 6) is -0.180. The zero-order chi connectivity index (χ0) is 15.7. The summed E-state index contributed by atoms with van der Waals surface area (Å²) in [6, 6.07) is -0.114.